The lowest BCUT2D eigenvalue weighted by molar-refractivity contribution is 0.114. The van der Waals surface area contributed by atoms with Gasteiger partial charge in [-0.05, 0) is 61.5 Å². The van der Waals surface area contributed by atoms with Crippen molar-refractivity contribution in [3.63, 3.8) is 0 Å². The summed E-state index contributed by atoms with van der Waals surface area (Å²) in [6.45, 7) is 1.51. The van der Waals surface area contributed by atoms with Crippen molar-refractivity contribution < 1.29 is 9.47 Å². The van der Waals surface area contributed by atoms with E-state index in [0.717, 1.165) is 47.7 Å². The lowest BCUT2D eigenvalue weighted by Gasteiger charge is -2.11. The average Bonchev–Trinajstić information content (AvgIpc) is 3.49. The van der Waals surface area contributed by atoms with Gasteiger partial charge in [-0.25, -0.2) is 4.68 Å². The molecule has 4 rings (SSSR count). The molecule has 1 atom stereocenters. The Morgan fingerprint density at radius 2 is 2.06 bits per heavy atom. The Morgan fingerprint density at radius 3 is 2.77 bits per heavy atom. The van der Waals surface area contributed by atoms with Crippen molar-refractivity contribution >= 4 is 23.5 Å². The van der Waals surface area contributed by atoms with Crippen LogP contribution >= 0.6 is 12.2 Å². The maximum Gasteiger partial charge on any atom is 0.187 e. The van der Waals surface area contributed by atoms with Crippen LogP contribution in [-0.2, 0) is 4.74 Å². The van der Waals surface area contributed by atoms with Gasteiger partial charge in [0.15, 0.2) is 5.11 Å². The summed E-state index contributed by atoms with van der Waals surface area (Å²) in [7, 11) is 1.65. The summed E-state index contributed by atoms with van der Waals surface area (Å²) in [4.78, 5) is 0. The lowest BCUT2D eigenvalue weighted by Crippen LogP contribution is -2.37. The molecule has 1 saturated heterocycles. The molecule has 0 aliphatic carbocycles. The molecule has 2 aromatic carbocycles. The van der Waals surface area contributed by atoms with Gasteiger partial charge in [0.25, 0.3) is 0 Å². The third-order valence-corrected chi connectivity index (χ3v) is 5.25. The van der Waals surface area contributed by atoms with Gasteiger partial charge in [-0.3, -0.25) is 5.43 Å². The quantitative estimate of drug-likeness (QED) is 0.336. The van der Waals surface area contributed by atoms with Crippen molar-refractivity contribution in [1.82, 2.24) is 20.5 Å². The van der Waals surface area contributed by atoms with Gasteiger partial charge in [0.2, 0.25) is 0 Å². The molecular weight excluding hydrogens is 410 g/mol. The highest BCUT2D eigenvalue weighted by atomic mass is 32.1. The summed E-state index contributed by atoms with van der Waals surface area (Å²) in [5.41, 5.74) is 6.50. The fraction of sp³-hybridized carbons (Fsp3) is 0.261. The average molecular weight is 436 g/mol. The summed E-state index contributed by atoms with van der Waals surface area (Å²) in [6, 6.07) is 17.8. The zero-order valence-corrected chi connectivity index (χ0v) is 18.1. The first kappa shape index (κ1) is 21.0. The first-order valence-corrected chi connectivity index (χ1v) is 10.6. The van der Waals surface area contributed by atoms with Crippen molar-refractivity contribution in [2.75, 3.05) is 20.3 Å². The number of benzene rings is 2. The minimum absolute atomic E-state index is 0.217. The number of nitrogens with zero attached hydrogens (tertiary/aromatic N) is 3. The zero-order chi connectivity index (χ0) is 21.5. The van der Waals surface area contributed by atoms with Crippen LogP contribution in [0.4, 0.5) is 0 Å². The molecule has 0 radical (unpaired) electrons. The largest absolute Gasteiger partial charge is 0.497 e. The minimum Gasteiger partial charge on any atom is -0.497 e. The maximum absolute atomic E-state index is 5.59. The number of hydrogen-bond donors (Lipinski definition) is 2. The molecule has 1 aromatic heterocycles. The third kappa shape index (κ3) is 5.48. The number of ether oxygens (including phenoxy) is 2. The predicted octanol–water partition coefficient (Wildman–Crippen LogP) is 3.52. The Kier molecular flexibility index (Phi) is 6.91. The van der Waals surface area contributed by atoms with Crippen LogP contribution in [0.15, 0.2) is 65.9 Å². The van der Waals surface area contributed by atoms with Gasteiger partial charge in [0.05, 0.1) is 25.1 Å². The SMILES string of the molecule is COc1ccc(-c2nn(-c3ccccc3)cc2/C=N/NC(=S)NCC2CCCO2)cc1. The Labute approximate surface area is 187 Å². The number of hydrazone groups is 1. The second-order valence-corrected chi connectivity index (χ2v) is 7.56. The molecule has 0 saturated carbocycles. The van der Waals surface area contributed by atoms with Crippen molar-refractivity contribution in [1.29, 1.82) is 0 Å². The van der Waals surface area contributed by atoms with Crippen molar-refractivity contribution in [3.05, 3.63) is 66.4 Å². The molecule has 8 heteroatoms. The molecule has 2 heterocycles. The van der Waals surface area contributed by atoms with E-state index in [1.54, 1.807) is 13.3 Å². The van der Waals surface area contributed by atoms with Crippen LogP contribution in [-0.4, -0.2) is 47.5 Å². The Hall–Kier alpha value is -3.23. The van der Waals surface area contributed by atoms with Crippen LogP contribution in [0.25, 0.3) is 16.9 Å². The molecule has 1 aliphatic heterocycles. The number of thiocarbonyl (C=S) groups is 1. The molecular formula is C23H25N5O2S. The molecule has 0 spiro atoms. The lowest BCUT2D eigenvalue weighted by atomic mass is 10.1. The summed E-state index contributed by atoms with van der Waals surface area (Å²) in [5.74, 6) is 0.797. The van der Waals surface area contributed by atoms with Gasteiger partial charge in [-0.15, -0.1) is 0 Å². The van der Waals surface area contributed by atoms with Crippen LogP contribution in [0, 0.1) is 0 Å². The number of para-hydroxylation sites is 1. The normalized spacial score (nSPS) is 15.8. The van der Waals surface area contributed by atoms with E-state index in [0.29, 0.717) is 11.7 Å². The van der Waals surface area contributed by atoms with Gasteiger partial charge in [0, 0.05) is 30.5 Å². The van der Waals surface area contributed by atoms with Gasteiger partial charge in [-0.1, -0.05) is 18.2 Å². The van der Waals surface area contributed by atoms with E-state index >= 15 is 0 Å². The zero-order valence-electron chi connectivity index (χ0n) is 17.3. The van der Waals surface area contributed by atoms with Gasteiger partial charge < -0.3 is 14.8 Å². The van der Waals surface area contributed by atoms with Crippen LogP contribution in [0.2, 0.25) is 0 Å². The molecule has 1 unspecified atom stereocenters. The summed E-state index contributed by atoms with van der Waals surface area (Å²) >= 11 is 5.31. The van der Waals surface area contributed by atoms with Gasteiger partial charge in [-0.2, -0.15) is 10.2 Å². The van der Waals surface area contributed by atoms with Gasteiger partial charge in [0.1, 0.15) is 11.4 Å². The Morgan fingerprint density at radius 1 is 1.26 bits per heavy atom. The van der Waals surface area contributed by atoms with Crippen LogP contribution < -0.4 is 15.5 Å². The number of rotatable bonds is 7. The molecule has 0 bridgehead atoms. The molecule has 0 amide bonds. The van der Waals surface area contributed by atoms with Crippen molar-refractivity contribution in [3.8, 4) is 22.7 Å². The van der Waals surface area contributed by atoms with Crippen LogP contribution in [0.5, 0.6) is 5.75 Å². The number of hydrogen-bond acceptors (Lipinski definition) is 5. The van der Waals surface area contributed by atoms with Crippen LogP contribution in [0.1, 0.15) is 18.4 Å². The molecule has 7 nitrogen and oxygen atoms in total. The number of nitrogens with one attached hydrogen (secondary N) is 2. The fourth-order valence-corrected chi connectivity index (χ4v) is 3.52. The second kappa shape index (κ2) is 10.2. The first-order valence-electron chi connectivity index (χ1n) is 10.2. The molecule has 1 aliphatic rings. The highest BCUT2D eigenvalue weighted by Crippen LogP contribution is 2.25. The fourth-order valence-electron chi connectivity index (χ4n) is 3.38. The highest BCUT2D eigenvalue weighted by Gasteiger charge is 2.15. The summed E-state index contributed by atoms with van der Waals surface area (Å²) in [6.07, 6.45) is 6.05. The van der Waals surface area contributed by atoms with E-state index in [2.05, 4.69) is 15.8 Å². The van der Waals surface area contributed by atoms with Crippen molar-refractivity contribution in [2.24, 2.45) is 5.10 Å². The second-order valence-electron chi connectivity index (χ2n) is 7.16. The Balaban J connectivity index is 1.51. The predicted molar refractivity (Wildman–Crippen MR) is 126 cm³/mol. The molecule has 31 heavy (non-hydrogen) atoms. The smallest absolute Gasteiger partial charge is 0.187 e. The van der Waals surface area contributed by atoms with E-state index in [1.165, 1.54) is 0 Å². The molecule has 1 fully saturated rings. The number of aromatic nitrogens is 2. The van der Waals surface area contributed by atoms with E-state index in [-0.39, 0.29) is 6.10 Å². The molecule has 3 aromatic rings. The summed E-state index contributed by atoms with van der Waals surface area (Å²) < 4.78 is 12.7. The molecule has 2 N–H and O–H groups in total. The topological polar surface area (TPSA) is 72.7 Å². The van der Waals surface area contributed by atoms with Crippen molar-refractivity contribution in [2.45, 2.75) is 18.9 Å². The van der Waals surface area contributed by atoms with E-state index in [4.69, 9.17) is 26.8 Å². The highest BCUT2D eigenvalue weighted by molar-refractivity contribution is 7.80. The first-order chi connectivity index (χ1) is 15.2. The Bertz CT molecular complexity index is 1030. The monoisotopic (exact) mass is 435 g/mol. The molecule has 160 valence electrons. The van der Waals surface area contributed by atoms with E-state index < -0.39 is 0 Å². The third-order valence-electron chi connectivity index (χ3n) is 5.01. The number of methoxy groups -OCH3 is 1. The van der Waals surface area contributed by atoms with E-state index in [1.807, 2.05) is 65.5 Å². The van der Waals surface area contributed by atoms with E-state index in [9.17, 15) is 0 Å². The minimum atomic E-state index is 0.217. The standard InChI is InChI=1S/C23H25N5O2S/c1-29-20-11-9-17(10-12-20)22-18(16-28(27-22)19-6-3-2-4-7-19)14-25-26-23(31)24-15-21-8-5-13-30-21/h2-4,6-7,9-12,14,16,21H,5,8,13,15H2,1H3,(H2,24,26,31)/b25-14+. The van der Waals surface area contributed by atoms with Gasteiger partial charge >= 0.3 is 0 Å². The summed E-state index contributed by atoms with van der Waals surface area (Å²) in [5, 5.41) is 12.7. The maximum atomic E-state index is 5.59. The van der Waals surface area contributed by atoms with Crippen LogP contribution in [0.3, 0.4) is 0 Å².